The van der Waals surface area contributed by atoms with Crippen LogP contribution < -0.4 is 5.73 Å². The maximum absolute atomic E-state index is 12.1. The Hall–Kier alpha value is -1.09. The minimum atomic E-state index is 0.156. The quantitative estimate of drug-likeness (QED) is 0.847. The average Bonchev–Trinajstić information content (AvgIpc) is 2.81. The van der Waals surface area contributed by atoms with E-state index < -0.39 is 0 Å². The SMILES string of the molecule is NCC1CCCCC1C(=O)Cc1ccco1. The fourth-order valence-corrected chi connectivity index (χ4v) is 2.63. The second kappa shape index (κ2) is 5.30. The van der Waals surface area contributed by atoms with E-state index in [1.54, 1.807) is 6.26 Å². The van der Waals surface area contributed by atoms with Gasteiger partial charge in [-0.3, -0.25) is 4.79 Å². The summed E-state index contributed by atoms with van der Waals surface area (Å²) >= 11 is 0. The van der Waals surface area contributed by atoms with Gasteiger partial charge in [0.2, 0.25) is 0 Å². The molecule has 3 heteroatoms. The highest BCUT2D eigenvalue weighted by Crippen LogP contribution is 2.30. The van der Waals surface area contributed by atoms with Crippen molar-refractivity contribution in [1.29, 1.82) is 0 Å². The molecule has 1 saturated carbocycles. The van der Waals surface area contributed by atoms with Crippen LogP contribution in [0.2, 0.25) is 0 Å². The van der Waals surface area contributed by atoms with E-state index in [0.717, 1.165) is 25.0 Å². The number of nitrogens with two attached hydrogens (primary N) is 1. The predicted molar refractivity (Wildman–Crippen MR) is 61.9 cm³/mol. The topological polar surface area (TPSA) is 56.2 Å². The van der Waals surface area contributed by atoms with Crippen molar-refractivity contribution in [3.05, 3.63) is 24.2 Å². The van der Waals surface area contributed by atoms with Crippen LogP contribution >= 0.6 is 0 Å². The number of Topliss-reactive ketones (excluding diaryl/α,β-unsaturated/α-hetero) is 1. The number of ketones is 1. The van der Waals surface area contributed by atoms with Gasteiger partial charge in [0.15, 0.2) is 0 Å². The molecular formula is C13H19NO2. The van der Waals surface area contributed by atoms with Gasteiger partial charge >= 0.3 is 0 Å². The molecule has 0 aromatic carbocycles. The molecule has 3 nitrogen and oxygen atoms in total. The molecule has 2 rings (SSSR count). The van der Waals surface area contributed by atoms with Gasteiger partial charge in [0.1, 0.15) is 11.5 Å². The molecule has 1 fully saturated rings. The summed E-state index contributed by atoms with van der Waals surface area (Å²) in [6, 6.07) is 3.68. The monoisotopic (exact) mass is 221 g/mol. The van der Waals surface area contributed by atoms with Crippen molar-refractivity contribution in [2.24, 2.45) is 17.6 Å². The zero-order chi connectivity index (χ0) is 11.4. The van der Waals surface area contributed by atoms with Crippen LogP contribution in [0.5, 0.6) is 0 Å². The minimum absolute atomic E-state index is 0.156. The van der Waals surface area contributed by atoms with Gasteiger partial charge in [-0.15, -0.1) is 0 Å². The van der Waals surface area contributed by atoms with Crippen LogP contribution in [0.4, 0.5) is 0 Å². The van der Waals surface area contributed by atoms with Crippen molar-refractivity contribution in [2.45, 2.75) is 32.1 Å². The normalized spacial score (nSPS) is 25.6. The summed E-state index contributed by atoms with van der Waals surface area (Å²) in [5, 5.41) is 0. The van der Waals surface area contributed by atoms with E-state index in [4.69, 9.17) is 10.2 Å². The molecule has 1 heterocycles. The molecule has 1 aromatic rings. The fraction of sp³-hybridized carbons (Fsp3) is 0.615. The van der Waals surface area contributed by atoms with Crippen LogP contribution in [0.15, 0.2) is 22.8 Å². The highest BCUT2D eigenvalue weighted by atomic mass is 16.3. The number of furan rings is 1. The van der Waals surface area contributed by atoms with Gasteiger partial charge in [-0.2, -0.15) is 0 Å². The van der Waals surface area contributed by atoms with E-state index in [9.17, 15) is 4.79 Å². The molecule has 16 heavy (non-hydrogen) atoms. The molecule has 2 unspecified atom stereocenters. The summed E-state index contributed by atoms with van der Waals surface area (Å²) in [7, 11) is 0. The predicted octanol–water partition coefficient (Wildman–Crippen LogP) is 2.16. The summed E-state index contributed by atoms with van der Waals surface area (Å²) in [5.74, 6) is 1.61. The Labute approximate surface area is 96.0 Å². The molecule has 2 atom stereocenters. The van der Waals surface area contributed by atoms with Crippen molar-refractivity contribution < 1.29 is 9.21 Å². The van der Waals surface area contributed by atoms with Crippen LogP contribution in [-0.2, 0) is 11.2 Å². The lowest BCUT2D eigenvalue weighted by molar-refractivity contribution is -0.125. The molecular weight excluding hydrogens is 202 g/mol. The number of carbonyl (C=O) groups is 1. The number of hydrogen-bond acceptors (Lipinski definition) is 3. The van der Waals surface area contributed by atoms with E-state index in [2.05, 4.69) is 0 Å². The van der Waals surface area contributed by atoms with E-state index in [0.29, 0.717) is 24.7 Å². The third-order valence-corrected chi connectivity index (χ3v) is 3.55. The van der Waals surface area contributed by atoms with Gasteiger partial charge < -0.3 is 10.2 Å². The lowest BCUT2D eigenvalue weighted by atomic mass is 9.76. The van der Waals surface area contributed by atoms with E-state index >= 15 is 0 Å². The Kier molecular flexibility index (Phi) is 3.78. The molecule has 0 bridgehead atoms. The first kappa shape index (κ1) is 11.4. The number of hydrogen-bond donors (Lipinski definition) is 1. The highest BCUT2D eigenvalue weighted by molar-refractivity contribution is 5.83. The van der Waals surface area contributed by atoms with Gasteiger partial charge in [-0.25, -0.2) is 0 Å². The molecule has 0 aliphatic heterocycles. The summed E-state index contributed by atoms with van der Waals surface area (Å²) in [5.41, 5.74) is 5.73. The van der Waals surface area contributed by atoms with Gasteiger partial charge in [0.05, 0.1) is 12.7 Å². The van der Waals surface area contributed by atoms with E-state index in [-0.39, 0.29) is 5.92 Å². The maximum atomic E-state index is 12.1. The van der Waals surface area contributed by atoms with Crippen LogP contribution in [0.1, 0.15) is 31.4 Å². The molecule has 2 N–H and O–H groups in total. The van der Waals surface area contributed by atoms with E-state index in [1.165, 1.54) is 6.42 Å². The van der Waals surface area contributed by atoms with Crippen molar-refractivity contribution in [3.63, 3.8) is 0 Å². The maximum Gasteiger partial charge on any atom is 0.143 e. The molecule has 88 valence electrons. The summed E-state index contributed by atoms with van der Waals surface area (Å²) in [6.07, 6.45) is 6.52. The molecule has 0 amide bonds. The lowest BCUT2D eigenvalue weighted by Crippen LogP contribution is -2.33. The molecule has 1 aliphatic rings. The second-order valence-corrected chi connectivity index (χ2v) is 4.61. The molecule has 1 aliphatic carbocycles. The summed E-state index contributed by atoms with van der Waals surface area (Å²) < 4.78 is 5.21. The number of carbonyl (C=O) groups excluding carboxylic acids is 1. The van der Waals surface area contributed by atoms with Crippen LogP contribution in [-0.4, -0.2) is 12.3 Å². The van der Waals surface area contributed by atoms with Gasteiger partial charge in [-0.05, 0) is 37.4 Å². The fourth-order valence-electron chi connectivity index (χ4n) is 2.63. The number of rotatable bonds is 4. The second-order valence-electron chi connectivity index (χ2n) is 4.61. The first-order chi connectivity index (χ1) is 7.81. The minimum Gasteiger partial charge on any atom is -0.469 e. The highest BCUT2D eigenvalue weighted by Gasteiger charge is 2.29. The largest absolute Gasteiger partial charge is 0.469 e. The zero-order valence-corrected chi connectivity index (χ0v) is 9.52. The van der Waals surface area contributed by atoms with Gasteiger partial charge in [-0.1, -0.05) is 12.8 Å². The van der Waals surface area contributed by atoms with Gasteiger partial charge in [0.25, 0.3) is 0 Å². The Morgan fingerprint density at radius 3 is 2.94 bits per heavy atom. The summed E-state index contributed by atoms with van der Waals surface area (Å²) in [6.45, 7) is 0.633. The standard InChI is InChI=1S/C13H19NO2/c14-9-10-4-1-2-6-12(10)13(15)8-11-5-3-7-16-11/h3,5,7,10,12H,1-2,4,6,8-9,14H2. The Balaban J connectivity index is 1.97. The lowest BCUT2D eigenvalue weighted by Gasteiger charge is -2.29. The Morgan fingerprint density at radius 2 is 2.25 bits per heavy atom. The van der Waals surface area contributed by atoms with Crippen molar-refractivity contribution in [1.82, 2.24) is 0 Å². The summed E-state index contributed by atoms with van der Waals surface area (Å²) in [4.78, 5) is 12.1. The molecule has 0 saturated heterocycles. The molecule has 0 spiro atoms. The van der Waals surface area contributed by atoms with Crippen molar-refractivity contribution in [3.8, 4) is 0 Å². The van der Waals surface area contributed by atoms with Crippen LogP contribution in [0, 0.1) is 11.8 Å². The molecule has 1 aromatic heterocycles. The average molecular weight is 221 g/mol. The van der Waals surface area contributed by atoms with Crippen molar-refractivity contribution >= 4 is 5.78 Å². The zero-order valence-electron chi connectivity index (χ0n) is 9.52. The third kappa shape index (κ3) is 2.53. The third-order valence-electron chi connectivity index (χ3n) is 3.55. The Morgan fingerprint density at radius 1 is 1.44 bits per heavy atom. The van der Waals surface area contributed by atoms with Crippen LogP contribution in [0.3, 0.4) is 0 Å². The smallest absolute Gasteiger partial charge is 0.143 e. The Bertz CT molecular complexity index is 332. The first-order valence-electron chi connectivity index (χ1n) is 6.06. The van der Waals surface area contributed by atoms with Crippen molar-refractivity contribution in [2.75, 3.05) is 6.54 Å². The molecule has 0 radical (unpaired) electrons. The van der Waals surface area contributed by atoms with E-state index in [1.807, 2.05) is 12.1 Å². The van der Waals surface area contributed by atoms with Crippen LogP contribution in [0.25, 0.3) is 0 Å². The first-order valence-corrected chi connectivity index (χ1v) is 6.06. The van der Waals surface area contributed by atoms with Gasteiger partial charge in [0, 0.05) is 5.92 Å².